The Labute approximate surface area is 157 Å². The summed E-state index contributed by atoms with van der Waals surface area (Å²) in [5, 5.41) is 0.858. The largest absolute Gasteiger partial charge is 0.479 e. The molecule has 27 heavy (non-hydrogen) atoms. The molecule has 0 aliphatic heterocycles. The van der Waals surface area contributed by atoms with Gasteiger partial charge in [-0.25, -0.2) is 9.59 Å². The zero-order chi connectivity index (χ0) is 19.6. The summed E-state index contributed by atoms with van der Waals surface area (Å²) in [6, 6.07) is 13.5. The maximum absolute atomic E-state index is 12.6. The van der Waals surface area contributed by atoms with Gasteiger partial charge in [-0.2, -0.15) is 0 Å². The van der Waals surface area contributed by atoms with E-state index in [0.717, 1.165) is 16.5 Å². The molecule has 140 valence electrons. The van der Waals surface area contributed by atoms with Crippen molar-refractivity contribution in [3.05, 3.63) is 75.1 Å². The topological polar surface area (TPSA) is 65.7 Å². The molecule has 1 aromatic heterocycles. The molecule has 3 aromatic rings. The third kappa shape index (κ3) is 3.72. The lowest BCUT2D eigenvalue weighted by atomic mass is 9.98. The number of carbonyl (C=O) groups excluding carboxylic acids is 1. The first-order valence-corrected chi connectivity index (χ1v) is 8.76. The van der Waals surface area contributed by atoms with Gasteiger partial charge >= 0.3 is 11.6 Å². The molecule has 0 saturated carbocycles. The molecule has 3 rings (SSSR count). The highest BCUT2D eigenvalue weighted by Gasteiger charge is 2.19. The van der Waals surface area contributed by atoms with Crippen LogP contribution in [0.3, 0.4) is 0 Å². The van der Waals surface area contributed by atoms with Crippen molar-refractivity contribution in [1.29, 1.82) is 0 Å². The van der Waals surface area contributed by atoms with E-state index < -0.39 is 12.1 Å². The summed E-state index contributed by atoms with van der Waals surface area (Å²) >= 11 is 0. The van der Waals surface area contributed by atoms with Crippen molar-refractivity contribution in [2.24, 2.45) is 0 Å². The number of fused-ring (bicyclic) bond motifs is 1. The fourth-order valence-corrected chi connectivity index (χ4v) is 3.11. The van der Waals surface area contributed by atoms with E-state index in [1.807, 2.05) is 43.3 Å². The number of aryl methyl sites for hydroxylation is 2. The van der Waals surface area contributed by atoms with Crippen molar-refractivity contribution in [1.82, 2.24) is 0 Å². The lowest BCUT2D eigenvalue weighted by molar-refractivity contribution is -0.147. The molecule has 0 saturated heterocycles. The van der Waals surface area contributed by atoms with Crippen LogP contribution in [-0.2, 0) is 16.0 Å². The van der Waals surface area contributed by atoms with Crippen LogP contribution in [0.15, 0.2) is 51.7 Å². The van der Waals surface area contributed by atoms with Crippen molar-refractivity contribution in [3.8, 4) is 5.75 Å². The summed E-state index contributed by atoms with van der Waals surface area (Å²) in [6.45, 7) is 5.34. The van der Waals surface area contributed by atoms with Gasteiger partial charge in [0.05, 0.1) is 7.11 Å². The lowest BCUT2D eigenvalue weighted by Gasteiger charge is -2.16. The Hall–Kier alpha value is -3.08. The van der Waals surface area contributed by atoms with Crippen LogP contribution in [0.5, 0.6) is 5.75 Å². The van der Waals surface area contributed by atoms with E-state index in [2.05, 4.69) is 4.74 Å². The normalized spacial score (nSPS) is 12.0. The maximum atomic E-state index is 12.6. The Morgan fingerprint density at radius 3 is 2.44 bits per heavy atom. The minimum Gasteiger partial charge on any atom is -0.479 e. The number of esters is 1. The van der Waals surface area contributed by atoms with Crippen molar-refractivity contribution in [2.75, 3.05) is 7.11 Å². The summed E-state index contributed by atoms with van der Waals surface area (Å²) in [5.41, 5.74) is 3.38. The highest BCUT2D eigenvalue weighted by Crippen LogP contribution is 2.30. The van der Waals surface area contributed by atoms with Crippen molar-refractivity contribution in [2.45, 2.75) is 33.3 Å². The first-order chi connectivity index (χ1) is 12.9. The van der Waals surface area contributed by atoms with Gasteiger partial charge in [-0.15, -0.1) is 0 Å². The van der Waals surface area contributed by atoms with Gasteiger partial charge in [-0.1, -0.05) is 30.3 Å². The third-order valence-electron chi connectivity index (χ3n) is 4.71. The number of carbonyl (C=O) groups is 1. The van der Waals surface area contributed by atoms with Crippen LogP contribution in [0.25, 0.3) is 11.0 Å². The standard InChI is InChI=1S/C22H22O5/c1-13-17-10-11-19(26-15(3)21(23)25-4)14(2)20(17)27-22(24)18(13)12-16-8-6-5-7-9-16/h5-11,15H,12H2,1-4H3/t15-/m0/s1. The van der Waals surface area contributed by atoms with E-state index in [9.17, 15) is 9.59 Å². The second-order valence-electron chi connectivity index (χ2n) is 6.50. The number of ether oxygens (including phenoxy) is 2. The van der Waals surface area contributed by atoms with Gasteiger partial charge in [0.2, 0.25) is 0 Å². The average molecular weight is 366 g/mol. The van der Waals surface area contributed by atoms with E-state index in [4.69, 9.17) is 9.15 Å². The van der Waals surface area contributed by atoms with Crippen molar-refractivity contribution >= 4 is 16.9 Å². The molecule has 5 heteroatoms. The molecule has 0 aliphatic carbocycles. The summed E-state index contributed by atoms with van der Waals surface area (Å²) < 4.78 is 16.0. The van der Waals surface area contributed by atoms with Gasteiger partial charge in [-0.05, 0) is 44.0 Å². The monoisotopic (exact) mass is 366 g/mol. The Morgan fingerprint density at radius 2 is 1.78 bits per heavy atom. The summed E-state index contributed by atoms with van der Waals surface area (Å²) in [6.07, 6.45) is -0.238. The fourth-order valence-electron chi connectivity index (χ4n) is 3.11. The molecule has 1 atom stereocenters. The molecule has 0 fully saturated rings. The Kier molecular flexibility index (Phi) is 5.31. The lowest BCUT2D eigenvalue weighted by Crippen LogP contribution is -2.25. The zero-order valence-electron chi connectivity index (χ0n) is 15.9. The molecule has 0 radical (unpaired) electrons. The molecular formula is C22H22O5. The van der Waals surface area contributed by atoms with E-state index in [0.29, 0.717) is 28.9 Å². The van der Waals surface area contributed by atoms with Crippen LogP contribution in [0.1, 0.15) is 29.2 Å². The van der Waals surface area contributed by atoms with E-state index in [-0.39, 0.29) is 5.63 Å². The second kappa shape index (κ2) is 7.66. The third-order valence-corrected chi connectivity index (χ3v) is 4.71. The van der Waals surface area contributed by atoms with Crippen LogP contribution in [-0.4, -0.2) is 19.2 Å². The van der Waals surface area contributed by atoms with Gasteiger partial charge < -0.3 is 13.9 Å². The quantitative estimate of drug-likeness (QED) is 0.505. The van der Waals surface area contributed by atoms with E-state index >= 15 is 0 Å². The molecule has 0 unspecified atom stereocenters. The zero-order valence-corrected chi connectivity index (χ0v) is 15.9. The molecule has 0 amide bonds. The molecule has 2 aromatic carbocycles. The molecule has 0 spiro atoms. The molecule has 0 N–H and O–H groups in total. The fraction of sp³-hybridized carbons (Fsp3) is 0.273. The maximum Gasteiger partial charge on any atom is 0.346 e. The number of hydrogen-bond donors (Lipinski definition) is 0. The van der Waals surface area contributed by atoms with E-state index in [1.165, 1.54) is 7.11 Å². The summed E-state index contributed by atoms with van der Waals surface area (Å²) in [5.74, 6) is 0.0177. The molecule has 0 bridgehead atoms. The number of rotatable bonds is 5. The van der Waals surface area contributed by atoms with Gasteiger partial charge in [0.15, 0.2) is 6.10 Å². The molecular weight excluding hydrogens is 344 g/mol. The van der Waals surface area contributed by atoms with E-state index in [1.54, 1.807) is 19.9 Å². The first-order valence-electron chi connectivity index (χ1n) is 8.76. The van der Waals surface area contributed by atoms with Gasteiger partial charge in [0, 0.05) is 22.9 Å². The minimum atomic E-state index is -0.753. The number of hydrogen-bond acceptors (Lipinski definition) is 5. The summed E-state index contributed by atoms with van der Waals surface area (Å²) in [7, 11) is 1.31. The molecule has 0 aliphatic rings. The Morgan fingerprint density at radius 1 is 1.07 bits per heavy atom. The molecule has 5 nitrogen and oxygen atoms in total. The predicted molar refractivity (Wildman–Crippen MR) is 103 cm³/mol. The predicted octanol–water partition coefficient (Wildman–Crippen LogP) is 3.94. The minimum absolute atomic E-state index is 0.356. The van der Waals surface area contributed by atoms with Crippen LogP contribution < -0.4 is 10.4 Å². The smallest absolute Gasteiger partial charge is 0.346 e. The van der Waals surface area contributed by atoms with Gasteiger partial charge in [0.25, 0.3) is 0 Å². The highest BCUT2D eigenvalue weighted by atomic mass is 16.6. The SMILES string of the molecule is COC(=O)[C@H](C)Oc1ccc2c(C)c(Cc3ccccc3)c(=O)oc2c1C. The highest BCUT2D eigenvalue weighted by molar-refractivity contribution is 5.86. The number of benzene rings is 2. The van der Waals surface area contributed by atoms with Crippen LogP contribution in [0.4, 0.5) is 0 Å². The van der Waals surface area contributed by atoms with Crippen LogP contribution in [0, 0.1) is 13.8 Å². The average Bonchev–Trinajstić information content (AvgIpc) is 2.67. The van der Waals surface area contributed by atoms with Crippen molar-refractivity contribution in [3.63, 3.8) is 0 Å². The second-order valence-corrected chi connectivity index (χ2v) is 6.50. The Bertz CT molecular complexity index is 1030. The number of methoxy groups -OCH3 is 1. The van der Waals surface area contributed by atoms with Crippen LogP contribution in [0.2, 0.25) is 0 Å². The van der Waals surface area contributed by atoms with Crippen molar-refractivity contribution < 1.29 is 18.7 Å². The first kappa shape index (κ1) is 18.7. The summed E-state index contributed by atoms with van der Waals surface area (Å²) in [4.78, 5) is 24.2. The van der Waals surface area contributed by atoms with Gasteiger partial charge in [0.1, 0.15) is 11.3 Å². The van der Waals surface area contributed by atoms with Gasteiger partial charge in [-0.3, -0.25) is 0 Å². The Balaban J connectivity index is 2.04. The molecule has 1 heterocycles. The van der Waals surface area contributed by atoms with Crippen LogP contribution >= 0.6 is 0 Å².